The summed E-state index contributed by atoms with van der Waals surface area (Å²) in [6.45, 7) is 0. The maximum Gasteiger partial charge on any atom is 0.254 e. The van der Waals surface area contributed by atoms with E-state index in [2.05, 4.69) is 17.3 Å². The van der Waals surface area contributed by atoms with E-state index in [0.717, 1.165) is 28.6 Å². The lowest BCUT2D eigenvalue weighted by molar-refractivity contribution is -0.141. The first-order chi connectivity index (χ1) is 13.1. The van der Waals surface area contributed by atoms with Crippen molar-refractivity contribution in [3.8, 4) is 5.75 Å². The number of allylic oxidation sites excluding steroid dienone is 2. The lowest BCUT2D eigenvalue weighted by atomic mass is 9.85. The van der Waals surface area contributed by atoms with E-state index in [1.54, 1.807) is 6.07 Å². The topological polar surface area (TPSA) is 70.0 Å². The van der Waals surface area contributed by atoms with Crippen LogP contribution < -0.4 is 0 Å². The van der Waals surface area contributed by atoms with Crippen LogP contribution in [0.1, 0.15) is 18.4 Å². The van der Waals surface area contributed by atoms with Crippen LogP contribution in [0, 0.1) is 29.1 Å². The largest absolute Gasteiger partial charge is 0.507 e. The fourth-order valence-electron chi connectivity index (χ4n) is 5.71. The molecular formula is C22H18N2O3. The van der Waals surface area contributed by atoms with Crippen molar-refractivity contribution in [2.24, 2.45) is 34.2 Å². The molecule has 4 atom stereocenters. The van der Waals surface area contributed by atoms with Gasteiger partial charge in [-0.3, -0.25) is 9.59 Å². The highest BCUT2D eigenvalue weighted by molar-refractivity contribution is 6.08. The summed E-state index contributed by atoms with van der Waals surface area (Å²) < 4.78 is 0. The van der Waals surface area contributed by atoms with Crippen LogP contribution in [0.4, 0.5) is 0 Å². The number of fused-ring (bicyclic) bond motifs is 4. The highest BCUT2D eigenvalue weighted by Gasteiger charge is 2.73. The summed E-state index contributed by atoms with van der Waals surface area (Å²) in [4.78, 5) is 25.9. The van der Waals surface area contributed by atoms with Gasteiger partial charge in [0.2, 0.25) is 0 Å². The molecule has 0 radical (unpaired) electrons. The third-order valence-electron chi connectivity index (χ3n) is 7.08. The molecule has 2 bridgehead atoms. The Morgan fingerprint density at radius 2 is 1.67 bits per heavy atom. The zero-order chi connectivity index (χ0) is 18.3. The van der Waals surface area contributed by atoms with Crippen LogP contribution in [0.15, 0.2) is 53.7 Å². The first-order valence-corrected chi connectivity index (χ1v) is 9.43. The number of benzene rings is 2. The molecule has 2 amide bonds. The lowest BCUT2D eigenvalue weighted by Gasteiger charge is -2.18. The van der Waals surface area contributed by atoms with Gasteiger partial charge >= 0.3 is 0 Å². The van der Waals surface area contributed by atoms with Gasteiger partial charge < -0.3 is 5.11 Å². The monoisotopic (exact) mass is 358 g/mol. The normalized spacial score (nSPS) is 32.4. The third-order valence-corrected chi connectivity index (χ3v) is 7.08. The molecule has 4 aliphatic rings. The summed E-state index contributed by atoms with van der Waals surface area (Å²) in [7, 11) is 0. The standard InChI is InChI=1S/C22H18N2O3/c25-17-8-5-12-3-1-2-4-13(12)14(17)11-23-24-20(26)18-15-6-7-16(19(18)21(24)27)22(15)9-10-22/h1-8,11,15-16,18-19,25H,9-10H2/b23-11+. The minimum Gasteiger partial charge on any atom is -0.507 e. The van der Waals surface area contributed by atoms with E-state index >= 15 is 0 Å². The molecule has 3 aliphatic carbocycles. The Bertz CT molecular complexity index is 1050. The first-order valence-electron chi connectivity index (χ1n) is 9.43. The number of hydrogen-bond donors (Lipinski definition) is 1. The number of imide groups is 1. The van der Waals surface area contributed by atoms with Gasteiger partial charge in [-0.25, -0.2) is 0 Å². The van der Waals surface area contributed by atoms with Gasteiger partial charge in [-0.2, -0.15) is 10.1 Å². The number of aromatic hydroxyl groups is 1. The average Bonchev–Trinajstić information content (AvgIpc) is 3.28. The van der Waals surface area contributed by atoms with Crippen molar-refractivity contribution >= 4 is 28.8 Å². The molecule has 1 N–H and O–H groups in total. The molecule has 6 rings (SSSR count). The predicted octanol–water partition coefficient (Wildman–Crippen LogP) is 3.08. The molecule has 2 saturated carbocycles. The van der Waals surface area contributed by atoms with Gasteiger partial charge in [0, 0.05) is 5.56 Å². The second kappa shape index (κ2) is 4.85. The summed E-state index contributed by atoms with van der Waals surface area (Å²) in [5.74, 6) is -0.435. The number of carbonyl (C=O) groups excluding carboxylic acids is 2. The molecule has 1 aliphatic heterocycles. The van der Waals surface area contributed by atoms with Gasteiger partial charge in [-0.15, -0.1) is 0 Å². The van der Waals surface area contributed by atoms with E-state index in [1.165, 1.54) is 6.21 Å². The molecule has 0 aromatic heterocycles. The Kier molecular flexibility index (Phi) is 2.72. The Hall–Kier alpha value is -2.95. The molecule has 5 nitrogen and oxygen atoms in total. The molecule has 27 heavy (non-hydrogen) atoms. The van der Waals surface area contributed by atoms with Gasteiger partial charge in [-0.05, 0) is 46.9 Å². The SMILES string of the molecule is O=C1C2C(C(=O)N1/N=C/c1c(O)ccc3ccccc13)C1C=CC2C12CC2. The number of rotatable bonds is 2. The highest BCUT2D eigenvalue weighted by atomic mass is 16.3. The molecule has 1 heterocycles. The van der Waals surface area contributed by atoms with Gasteiger partial charge in [0.15, 0.2) is 0 Å². The molecule has 4 unspecified atom stereocenters. The van der Waals surface area contributed by atoms with Crippen molar-refractivity contribution in [3.05, 3.63) is 54.1 Å². The van der Waals surface area contributed by atoms with Gasteiger partial charge in [0.1, 0.15) is 5.75 Å². The second-order valence-electron chi connectivity index (χ2n) is 8.17. The molecule has 134 valence electrons. The molecule has 3 fully saturated rings. The molecule has 2 aromatic carbocycles. The van der Waals surface area contributed by atoms with E-state index in [4.69, 9.17) is 0 Å². The van der Waals surface area contributed by atoms with E-state index in [1.807, 2.05) is 30.3 Å². The number of carbonyl (C=O) groups is 2. The smallest absolute Gasteiger partial charge is 0.254 e. The number of hydrogen-bond acceptors (Lipinski definition) is 4. The maximum absolute atomic E-state index is 13.0. The van der Waals surface area contributed by atoms with E-state index < -0.39 is 0 Å². The van der Waals surface area contributed by atoms with Crippen LogP contribution in [-0.4, -0.2) is 28.1 Å². The first kappa shape index (κ1) is 15.1. The zero-order valence-corrected chi connectivity index (χ0v) is 14.6. The number of nitrogens with zero attached hydrogens (tertiary/aromatic N) is 2. The minimum atomic E-state index is -0.256. The fourth-order valence-corrected chi connectivity index (χ4v) is 5.71. The molecular weight excluding hydrogens is 340 g/mol. The Morgan fingerprint density at radius 1 is 1.00 bits per heavy atom. The predicted molar refractivity (Wildman–Crippen MR) is 99.8 cm³/mol. The van der Waals surface area contributed by atoms with Crippen molar-refractivity contribution in [1.29, 1.82) is 0 Å². The van der Waals surface area contributed by atoms with Crippen molar-refractivity contribution in [3.63, 3.8) is 0 Å². The highest BCUT2D eigenvalue weighted by Crippen LogP contribution is 2.73. The zero-order valence-electron chi connectivity index (χ0n) is 14.6. The van der Waals surface area contributed by atoms with Crippen molar-refractivity contribution in [1.82, 2.24) is 5.01 Å². The van der Waals surface area contributed by atoms with Crippen LogP contribution in [0.25, 0.3) is 10.8 Å². The number of phenols is 1. The molecule has 2 aromatic rings. The van der Waals surface area contributed by atoms with Crippen LogP contribution in [0.5, 0.6) is 5.75 Å². The summed E-state index contributed by atoms with van der Waals surface area (Å²) in [6.07, 6.45) is 7.98. The maximum atomic E-state index is 13.0. The summed E-state index contributed by atoms with van der Waals surface area (Å²) in [5.41, 5.74) is 0.704. The summed E-state index contributed by atoms with van der Waals surface area (Å²) >= 11 is 0. The van der Waals surface area contributed by atoms with Crippen molar-refractivity contribution in [2.75, 3.05) is 0 Å². The molecule has 5 heteroatoms. The lowest BCUT2D eigenvalue weighted by Crippen LogP contribution is -2.30. The van der Waals surface area contributed by atoms with E-state index in [0.29, 0.717) is 5.56 Å². The Balaban J connectivity index is 1.37. The fraction of sp³-hybridized carbons (Fsp3) is 0.318. The third kappa shape index (κ3) is 1.77. The van der Waals surface area contributed by atoms with Crippen LogP contribution in [0.2, 0.25) is 0 Å². The van der Waals surface area contributed by atoms with Crippen LogP contribution in [0.3, 0.4) is 0 Å². The Labute approximate surface area is 156 Å². The number of phenolic OH excluding ortho intramolecular Hbond substituents is 1. The van der Waals surface area contributed by atoms with Gasteiger partial charge in [0.05, 0.1) is 18.1 Å². The average molecular weight is 358 g/mol. The molecule has 1 spiro atoms. The summed E-state index contributed by atoms with van der Waals surface area (Å²) in [6, 6.07) is 11.1. The van der Waals surface area contributed by atoms with Crippen LogP contribution >= 0.6 is 0 Å². The van der Waals surface area contributed by atoms with Gasteiger partial charge in [0.25, 0.3) is 11.8 Å². The minimum absolute atomic E-state index is 0.0791. The quantitative estimate of drug-likeness (QED) is 0.510. The Morgan fingerprint density at radius 3 is 2.33 bits per heavy atom. The van der Waals surface area contributed by atoms with E-state index in [-0.39, 0.29) is 46.7 Å². The van der Waals surface area contributed by atoms with Crippen molar-refractivity contribution in [2.45, 2.75) is 12.8 Å². The summed E-state index contributed by atoms with van der Waals surface area (Å²) in [5, 5.41) is 17.3. The number of amides is 2. The number of hydrazone groups is 1. The second-order valence-corrected chi connectivity index (χ2v) is 8.17. The van der Waals surface area contributed by atoms with E-state index in [9.17, 15) is 14.7 Å². The van der Waals surface area contributed by atoms with Crippen LogP contribution in [-0.2, 0) is 9.59 Å². The van der Waals surface area contributed by atoms with Gasteiger partial charge in [-0.1, -0.05) is 42.5 Å². The molecule has 1 saturated heterocycles. The van der Waals surface area contributed by atoms with Crippen molar-refractivity contribution < 1.29 is 14.7 Å².